The minimum absolute atomic E-state index is 0.0637. The summed E-state index contributed by atoms with van der Waals surface area (Å²) in [5, 5.41) is 13.7. The maximum Gasteiger partial charge on any atom is 0.278 e. The molecule has 0 spiro atoms. The van der Waals surface area contributed by atoms with Crippen molar-refractivity contribution in [1.29, 1.82) is 0 Å². The van der Waals surface area contributed by atoms with E-state index >= 15 is 0 Å². The van der Waals surface area contributed by atoms with Crippen molar-refractivity contribution in [2.75, 3.05) is 45.4 Å². The lowest BCUT2D eigenvalue weighted by Crippen LogP contribution is -2.11. The van der Waals surface area contributed by atoms with Gasteiger partial charge < -0.3 is 19.5 Å². The molecule has 0 saturated carbocycles. The summed E-state index contributed by atoms with van der Waals surface area (Å²) in [5.74, 6) is 0.613. The van der Waals surface area contributed by atoms with Crippen LogP contribution in [0.15, 0.2) is 12.1 Å². The molecule has 0 radical (unpaired) electrons. The normalized spacial score (nSPS) is 10.3. The van der Waals surface area contributed by atoms with Crippen molar-refractivity contribution < 1.29 is 19.1 Å². The minimum Gasteiger partial charge on any atom is -0.475 e. The Kier molecular flexibility index (Phi) is 7.30. The molecule has 0 aliphatic rings. The molecular formula is C12H19N3O5. The van der Waals surface area contributed by atoms with E-state index in [9.17, 15) is 10.1 Å². The van der Waals surface area contributed by atoms with Gasteiger partial charge in [0.15, 0.2) is 0 Å². The Balaban J connectivity index is 2.53. The SMILES string of the molecule is CCNc1cc([N+](=O)[O-])cc(OCCOCCOC)n1. The van der Waals surface area contributed by atoms with Gasteiger partial charge in [0.25, 0.3) is 5.69 Å². The van der Waals surface area contributed by atoms with E-state index in [0.29, 0.717) is 32.2 Å². The average molecular weight is 285 g/mol. The fraction of sp³-hybridized carbons (Fsp3) is 0.583. The summed E-state index contributed by atoms with van der Waals surface area (Å²) in [7, 11) is 1.59. The number of rotatable bonds is 10. The second-order valence-corrected chi connectivity index (χ2v) is 3.79. The van der Waals surface area contributed by atoms with Crippen molar-refractivity contribution in [2.45, 2.75) is 6.92 Å². The molecule has 1 rings (SSSR count). The molecule has 20 heavy (non-hydrogen) atoms. The minimum atomic E-state index is -0.482. The van der Waals surface area contributed by atoms with Crippen molar-refractivity contribution in [1.82, 2.24) is 4.98 Å². The van der Waals surface area contributed by atoms with Crippen LogP contribution in [0.3, 0.4) is 0 Å². The summed E-state index contributed by atoms with van der Waals surface area (Å²) in [6.45, 7) is 4.12. The topological polar surface area (TPSA) is 95.8 Å². The van der Waals surface area contributed by atoms with Crippen LogP contribution >= 0.6 is 0 Å². The summed E-state index contributed by atoms with van der Waals surface area (Å²) >= 11 is 0. The van der Waals surface area contributed by atoms with Crippen LogP contribution in [-0.4, -0.2) is 50.0 Å². The predicted octanol–water partition coefficient (Wildman–Crippen LogP) is 1.46. The zero-order valence-electron chi connectivity index (χ0n) is 11.6. The molecule has 1 aromatic heterocycles. The standard InChI is InChI=1S/C12H19N3O5/c1-3-13-11-8-10(15(16)17)9-12(14-11)20-7-6-19-5-4-18-2/h8-9H,3-7H2,1-2H3,(H,13,14). The number of nitro groups is 1. The Morgan fingerprint density at radius 3 is 2.70 bits per heavy atom. The van der Waals surface area contributed by atoms with E-state index < -0.39 is 4.92 Å². The molecule has 1 N–H and O–H groups in total. The quantitative estimate of drug-likeness (QED) is 0.395. The van der Waals surface area contributed by atoms with E-state index in [1.165, 1.54) is 12.1 Å². The van der Waals surface area contributed by atoms with Crippen molar-refractivity contribution in [2.24, 2.45) is 0 Å². The number of hydrogen-bond donors (Lipinski definition) is 1. The monoisotopic (exact) mass is 285 g/mol. The molecule has 0 atom stereocenters. The van der Waals surface area contributed by atoms with E-state index in [-0.39, 0.29) is 18.2 Å². The molecule has 0 unspecified atom stereocenters. The number of ether oxygens (including phenoxy) is 3. The fourth-order valence-corrected chi connectivity index (χ4v) is 1.39. The average Bonchev–Trinajstić information content (AvgIpc) is 2.43. The molecule has 1 aromatic rings. The van der Waals surface area contributed by atoms with Gasteiger partial charge >= 0.3 is 0 Å². The Morgan fingerprint density at radius 2 is 2.05 bits per heavy atom. The van der Waals surface area contributed by atoms with Gasteiger partial charge in [-0.2, -0.15) is 4.98 Å². The lowest BCUT2D eigenvalue weighted by molar-refractivity contribution is -0.384. The van der Waals surface area contributed by atoms with Gasteiger partial charge in [-0.25, -0.2) is 0 Å². The van der Waals surface area contributed by atoms with Crippen LogP contribution in [0.4, 0.5) is 11.5 Å². The maximum atomic E-state index is 10.8. The highest BCUT2D eigenvalue weighted by Gasteiger charge is 2.11. The molecule has 0 saturated heterocycles. The Morgan fingerprint density at radius 1 is 1.30 bits per heavy atom. The zero-order valence-corrected chi connectivity index (χ0v) is 11.6. The molecule has 0 amide bonds. The first-order valence-electron chi connectivity index (χ1n) is 6.27. The number of nitrogens with one attached hydrogen (secondary N) is 1. The summed E-state index contributed by atoms with van der Waals surface area (Å²) in [4.78, 5) is 14.5. The maximum absolute atomic E-state index is 10.8. The van der Waals surface area contributed by atoms with E-state index in [4.69, 9.17) is 14.2 Å². The second-order valence-electron chi connectivity index (χ2n) is 3.79. The second kappa shape index (κ2) is 9.05. The number of hydrogen-bond acceptors (Lipinski definition) is 7. The first-order chi connectivity index (χ1) is 9.67. The van der Waals surface area contributed by atoms with E-state index in [1.807, 2.05) is 6.92 Å². The van der Waals surface area contributed by atoms with E-state index in [1.54, 1.807) is 7.11 Å². The van der Waals surface area contributed by atoms with Crippen LogP contribution in [0.1, 0.15) is 6.92 Å². The Labute approximate surface area is 117 Å². The Hall–Kier alpha value is -1.93. The number of methoxy groups -OCH3 is 1. The molecule has 0 aromatic carbocycles. The first-order valence-corrected chi connectivity index (χ1v) is 6.27. The highest BCUT2D eigenvalue weighted by atomic mass is 16.6. The van der Waals surface area contributed by atoms with Crippen LogP contribution in [-0.2, 0) is 9.47 Å². The molecule has 0 aliphatic carbocycles. The third kappa shape index (κ3) is 5.81. The van der Waals surface area contributed by atoms with E-state index in [0.717, 1.165) is 0 Å². The molecule has 0 fully saturated rings. The van der Waals surface area contributed by atoms with Crippen LogP contribution in [0.5, 0.6) is 5.88 Å². The summed E-state index contributed by atoms with van der Waals surface area (Å²) in [6, 6.07) is 2.65. The number of aromatic nitrogens is 1. The highest BCUT2D eigenvalue weighted by molar-refractivity contribution is 5.48. The van der Waals surface area contributed by atoms with Gasteiger partial charge in [-0.15, -0.1) is 0 Å². The lowest BCUT2D eigenvalue weighted by atomic mass is 10.4. The first kappa shape index (κ1) is 16.1. The Bertz CT molecular complexity index is 428. The number of nitrogens with zero attached hydrogens (tertiary/aromatic N) is 2. The molecule has 112 valence electrons. The van der Waals surface area contributed by atoms with Gasteiger partial charge in [0.05, 0.1) is 36.9 Å². The van der Waals surface area contributed by atoms with E-state index in [2.05, 4.69) is 10.3 Å². The smallest absolute Gasteiger partial charge is 0.278 e. The summed E-state index contributed by atoms with van der Waals surface area (Å²) in [6.07, 6.45) is 0. The molecule has 0 aliphatic heterocycles. The van der Waals surface area contributed by atoms with Crippen LogP contribution in [0.2, 0.25) is 0 Å². The van der Waals surface area contributed by atoms with Gasteiger partial charge in [-0.3, -0.25) is 10.1 Å². The number of anilines is 1. The van der Waals surface area contributed by atoms with Gasteiger partial charge in [0.2, 0.25) is 5.88 Å². The van der Waals surface area contributed by atoms with Gasteiger partial charge in [0.1, 0.15) is 12.4 Å². The van der Waals surface area contributed by atoms with Gasteiger partial charge in [0, 0.05) is 13.7 Å². The van der Waals surface area contributed by atoms with Gasteiger partial charge in [-0.05, 0) is 6.92 Å². The van der Waals surface area contributed by atoms with Gasteiger partial charge in [-0.1, -0.05) is 0 Å². The fourth-order valence-electron chi connectivity index (χ4n) is 1.39. The van der Waals surface area contributed by atoms with Crippen LogP contribution in [0.25, 0.3) is 0 Å². The molecule has 8 nitrogen and oxygen atoms in total. The van der Waals surface area contributed by atoms with Crippen LogP contribution < -0.4 is 10.1 Å². The lowest BCUT2D eigenvalue weighted by Gasteiger charge is -2.08. The molecular weight excluding hydrogens is 266 g/mol. The summed E-state index contributed by atoms with van der Waals surface area (Å²) in [5.41, 5.74) is -0.0637. The molecule has 1 heterocycles. The molecule has 0 bridgehead atoms. The van der Waals surface area contributed by atoms with Crippen molar-refractivity contribution in [3.8, 4) is 5.88 Å². The van der Waals surface area contributed by atoms with Crippen molar-refractivity contribution in [3.63, 3.8) is 0 Å². The summed E-state index contributed by atoms with van der Waals surface area (Å²) < 4.78 is 15.4. The highest BCUT2D eigenvalue weighted by Crippen LogP contribution is 2.21. The van der Waals surface area contributed by atoms with Crippen LogP contribution in [0, 0.1) is 10.1 Å². The third-order valence-electron chi connectivity index (χ3n) is 2.26. The van der Waals surface area contributed by atoms with Crippen molar-refractivity contribution in [3.05, 3.63) is 22.2 Å². The third-order valence-corrected chi connectivity index (χ3v) is 2.26. The van der Waals surface area contributed by atoms with Crippen molar-refractivity contribution >= 4 is 11.5 Å². The predicted molar refractivity (Wildman–Crippen MR) is 73.2 cm³/mol. The molecule has 8 heteroatoms. The largest absolute Gasteiger partial charge is 0.475 e. The zero-order chi connectivity index (χ0) is 14.8. The number of pyridine rings is 1.